The van der Waals surface area contributed by atoms with Crippen molar-refractivity contribution in [2.45, 2.75) is 71.2 Å². The smallest absolute Gasteiger partial charge is 0.429 e. The molecule has 12 nitrogen and oxygen atoms in total. The molecular formula is C38H45Cl2F2N3O9S. The predicted octanol–water partition coefficient (Wildman–Crippen LogP) is 8.34. The number of aromatic nitrogens is 1. The van der Waals surface area contributed by atoms with E-state index in [0.29, 0.717) is 21.4 Å². The molecule has 2 saturated carbocycles. The lowest BCUT2D eigenvalue weighted by Crippen LogP contribution is -2.43. The molecule has 2 fully saturated rings. The number of amides is 1. The van der Waals surface area contributed by atoms with Crippen LogP contribution in [0, 0.1) is 11.8 Å². The summed E-state index contributed by atoms with van der Waals surface area (Å²) in [5.41, 5.74) is -0.444. The molecule has 1 aromatic heterocycles. The summed E-state index contributed by atoms with van der Waals surface area (Å²) in [5.74, 6) is -0.970. The first-order valence-corrected chi connectivity index (χ1v) is 20.1. The molecule has 0 spiro atoms. The lowest BCUT2D eigenvalue weighted by molar-refractivity contribution is -0.0515. The van der Waals surface area contributed by atoms with Gasteiger partial charge < -0.3 is 28.6 Å². The van der Waals surface area contributed by atoms with E-state index in [2.05, 4.69) is 4.98 Å². The number of nitrogens with zero attached hydrogens (tertiary/aromatic N) is 3. The maximum absolute atomic E-state index is 14.0. The molecule has 0 bridgehead atoms. The fourth-order valence-electron chi connectivity index (χ4n) is 5.24. The molecule has 0 aliphatic heterocycles. The van der Waals surface area contributed by atoms with E-state index < -0.39 is 46.2 Å². The molecule has 1 amide bonds. The van der Waals surface area contributed by atoms with Crippen LogP contribution in [-0.2, 0) is 25.9 Å². The van der Waals surface area contributed by atoms with Crippen LogP contribution in [0.25, 0.3) is 0 Å². The number of benzene rings is 2. The van der Waals surface area contributed by atoms with Gasteiger partial charge in [-0.15, -0.1) is 0 Å². The zero-order valence-electron chi connectivity index (χ0n) is 31.2. The topological polar surface area (TPSA) is 134 Å². The average molecular weight is 829 g/mol. The van der Waals surface area contributed by atoms with Gasteiger partial charge in [-0.2, -0.15) is 13.1 Å². The molecular weight excluding hydrogens is 783 g/mol. The Labute approximate surface area is 330 Å². The van der Waals surface area contributed by atoms with Crippen molar-refractivity contribution in [1.82, 2.24) is 9.88 Å². The maximum atomic E-state index is 14.0. The van der Waals surface area contributed by atoms with Crippen LogP contribution in [0.3, 0.4) is 0 Å². The van der Waals surface area contributed by atoms with Crippen molar-refractivity contribution in [2.75, 3.05) is 43.9 Å². The molecule has 1 heterocycles. The van der Waals surface area contributed by atoms with Gasteiger partial charge in [-0.3, -0.25) is 4.98 Å². The van der Waals surface area contributed by atoms with Crippen LogP contribution in [0.1, 0.15) is 74.0 Å². The van der Waals surface area contributed by atoms with E-state index in [1.54, 1.807) is 39.8 Å². The SMILES string of the molecule is CN(C)CCS(=O)(=O)N(C(=O)OC(C)(C)C)c1ccc(C(=O)OC(Cc2c(Cl)cncc2Cl)c2ccc(OC(F)F)c(OCC3CC3)c2)cc1OCC1CC1. The zero-order chi connectivity index (χ0) is 40.1. The van der Waals surface area contributed by atoms with Gasteiger partial charge >= 0.3 is 18.7 Å². The monoisotopic (exact) mass is 827 g/mol. The Kier molecular flexibility index (Phi) is 13.7. The minimum atomic E-state index is -4.32. The summed E-state index contributed by atoms with van der Waals surface area (Å²) in [7, 11) is -0.911. The van der Waals surface area contributed by atoms with Crippen molar-refractivity contribution in [3.63, 3.8) is 0 Å². The Hall–Kier alpha value is -3.92. The van der Waals surface area contributed by atoms with Gasteiger partial charge in [0.25, 0.3) is 0 Å². The Morgan fingerprint density at radius 1 is 0.909 bits per heavy atom. The number of ether oxygens (including phenoxy) is 5. The second kappa shape index (κ2) is 17.9. The molecule has 1 atom stereocenters. The summed E-state index contributed by atoms with van der Waals surface area (Å²) in [6.07, 6.45) is 4.19. The highest BCUT2D eigenvalue weighted by molar-refractivity contribution is 7.93. The van der Waals surface area contributed by atoms with Crippen LogP contribution in [0.4, 0.5) is 19.3 Å². The van der Waals surface area contributed by atoms with E-state index in [1.165, 1.54) is 48.8 Å². The lowest BCUT2D eigenvalue weighted by atomic mass is 10.0. The second-order valence-corrected chi connectivity index (χ2v) is 17.6. The number of halogens is 4. The van der Waals surface area contributed by atoms with Crippen molar-refractivity contribution >= 4 is 51.0 Å². The Balaban J connectivity index is 1.53. The number of sulfonamides is 1. The summed E-state index contributed by atoms with van der Waals surface area (Å²) < 4.78 is 83.1. The van der Waals surface area contributed by atoms with Gasteiger partial charge in [-0.25, -0.2) is 18.0 Å². The summed E-state index contributed by atoms with van der Waals surface area (Å²) in [4.78, 5) is 33.3. The third-order valence-corrected chi connectivity index (χ3v) is 10.8. The molecule has 3 aromatic rings. The number of anilines is 1. The van der Waals surface area contributed by atoms with Crippen LogP contribution in [0.15, 0.2) is 48.8 Å². The molecule has 2 aliphatic carbocycles. The number of carbonyl (C=O) groups is 2. The van der Waals surface area contributed by atoms with Gasteiger partial charge in [0.2, 0.25) is 10.0 Å². The van der Waals surface area contributed by atoms with Crippen molar-refractivity contribution in [3.8, 4) is 17.2 Å². The molecule has 2 aliphatic rings. The van der Waals surface area contributed by atoms with Gasteiger partial charge in [0.1, 0.15) is 23.1 Å². The molecule has 0 radical (unpaired) electrons. The molecule has 0 saturated heterocycles. The van der Waals surface area contributed by atoms with Crippen LogP contribution >= 0.6 is 23.2 Å². The summed E-state index contributed by atoms with van der Waals surface area (Å²) in [5, 5.41) is 0.406. The minimum absolute atomic E-state index is 0.0375. The maximum Gasteiger partial charge on any atom is 0.429 e. The largest absolute Gasteiger partial charge is 0.491 e. The van der Waals surface area contributed by atoms with E-state index in [-0.39, 0.29) is 70.6 Å². The summed E-state index contributed by atoms with van der Waals surface area (Å²) in [6.45, 7) is 2.35. The predicted molar refractivity (Wildman–Crippen MR) is 203 cm³/mol. The third-order valence-electron chi connectivity index (χ3n) is 8.54. The number of hydrogen-bond acceptors (Lipinski definition) is 11. The Morgan fingerprint density at radius 2 is 1.53 bits per heavy atom. The highest BCUT2D eigenvalue weighted by Crippen LogP contribution is 2.40. The van der Waals surface area contributed by atoms with Gasteiger partial charge in [0.05, 0.1) is 34.6 Å². The first-order chi connectivity index (χ1) is 25.9. The third kappa shape index (κ3) is 12.3. The van der Waals surface area contributed by atoms with E-state index in [1.807, 2.05) is 0 Å². The molecule has 300 valence electrons. The van der Waals surface area contributed by atoms with Crippen LogP contribution in [0.5, 0.6) is 17.2 Å². The normalized spacial score (nSPS) is 15.1. The van der Waals surface area contributed by atoms with Gasteiger partial charge in [0, 0.05) is 25.4 Å². The quantitative estimate of drug-likeness (QED) is 0.115. The van der Waals surface area contributed by atoms with Crippen molar-refractivity contribution in [3.05, 3.63) is 75.5 Å². The van der Waals surface area contributed by atoms with Crippen LogP contribution < -0.4 is 18.5 Å². The van der Waals surface area contributed by atoms with Gasteiger partial charge in [-0.1, -0.05) is 29.3 Å². The first kappa shape index (κ1) is 42.2. The fourth-order valence-corrected chi connectivity index (χ4v) is 7.25. The first-order valence-electron chi connectivity index (χ1n) is 17.8. The number of esters is 1. The average Bonchev–Trinajstić information content (AvgIpc) is 4.03. The Morgan fingerprint density at radius 3 is 2.09 bits per heavy atom. The highest BCUT2D eigenvalue weighted by atomic mass is 35.5. The van der Waals surface area contributed by atoms with Crippen LogP contribution in [0.2, 0.25) is 10.0 Å². The van der Waals surface area contributed by atoms with Crippen molar-refractivity contribution in [1.29, 1.82) is 0 Å². The van der Waals surface area contributed by atoms with Crippen molar-refractivity contribution in [2.24, 2.45) is 11.8 Å². The number of rotatable bonds is 18. The van der Waals surface area contributed by atoms with Crippen LogP contribution in [-0.4, -0.2) is 82.2 Å². The number of carbonyl (C=O) groups excluding carboxylic acids is 2. The number of pyridine rings is 1. The standard InChI is InChI=1S/C38H45Cl2F2N3O9S/c1-38(2,3)54-37(47)45(55(48,49)15-14-44(4)5)30-12-10-26(17-33(30)50-21-23-6-7-23)35(46)52-32(18-27-28(39)19-43-20-29(27)40)25-11-13-31(53-36(41)42)34(16-25)51-22-24-8-9-24/h10-13,16-17,19-20,23-24,32,36H,6-9,14-15,18,21-22H2,1-5H3. The summed E-state index contributed by atoms with van der Waals surface area (Å²) >= 11 is 12.9. The van der Waals surface area contributed by atoms with E-state index in [9.17, 15) is 26.8 Å². The zero-order valence-corrected chi connectivity index (χ0v) is 33.6. The highest BCUT2D eigenvalue weighted by Gasteiger charge is 2.36. The Bertz CT molecular complexity index is 1940. The van der Waals surface area contributed by atoms with E-state index >= 15 is 0 Å². The van der Waals surface area contributed by atoms with E-state index in [0.717, 1.165) is 25.7 Å². The molecule has 2 aromatic carbocycles. The molecule has 0 N–H and O–H groups in total. The second-order valence-electron chi connectivity index (χ2n) is 14.8. The molecule has 55 heavy (non-hydrogen) atoms. The van der Waals surface area contributed by atoms with Gasteiger partial charge in [0.15, 0.2) is 11.5 Å². The fraction of sp³-hybridized carbons (Fsp3) is 0.500. The number of hydrogen-bond donors (Lipinski definition) is 0. The molecule has 1 unspecified atom stereocenters. The molecule has 5 rings (SSSR count). The van der Waals surface area contributed by atoms with Gasteiger partial charge in [-0.05, 0) is 114 Å². The minimum Gasteiger partial charge on any atom is -0.491 e. The van der Waals surface area contributed by atoms with E-state index in [4.69, 9.17) is 46.9 Å². The number of alkyl halides is 2. The molecule has 17 heteroatoms. The summed E-state index contributed by atoms with van der Waals surface area (Å²) in [6, 6.07) is 8.15. The lowest BCUT2D eigenvalue weighted by Gasteiger charge is -2.28. The van der Waals surface area contributed by atoms with Crippen molar-refractivity contribution < 1.29 is 50.5 Å².